The first kappa shape index (κ1) is 13.6. The standard InChI is InChI=1S/C16H22N2O2/c1-10-5-6-17-11(2)15(10)18-16(19)12-3-4-13-8-20-9-14(13)7-12/h3-4,7,10-11,15,17H,5-6,8-9H2,1-2H3,(H,18,19). The van der Waals surface area contributed by atoms with Gasteiger partial charge in [-0.1, -0.05) is 13.0 Å². The Balaban J connectivity index is 1.72. The first-order valence-electron chi connectivity index (χ1n) is 7.39. The smallest absolute Gasteiger partial charge is 0.251 e. The number of fused-ring (bicyclic) bond motifs is 1. The van der Waals surface area contributed by atoms with Gasteiger partial charge in [-0.15, -0.1) is 0 Å². The molecular formula is C16H22N2O2. The Kier molecular flexibility index (Phi) is 3.76. The molecule has 2 heterocycles. The third-order valence-corrected chi connectivity index (χ3v) is 4.50. The van der Waals surface area contributed by atoms with Gasteiger partial charge in [-0.05, 0) is 49.1 Å². The lowest BCUT2D eigenvalue weighted by Crippen LogP contribution is -2.55. The van der Waals surface area contributed by atoms with Gasteiger partial charge in [0.25, 0.3) is 5.91 Å². The number of hydrogen-bond acceptors (Lipinski definition) is 3. The summed E-state index contributed by atoms with van der Waals surface area (Å²) in [7, 11) is 0. The van der Waals surface area contributed by atoms with E-state index in [4.69, 9.17) is 4.74 Å². The topological polar surface area (TPSA) is 50.4 Å². The lowest BCUT2D eigenvalue weighted by Gasteiger charge is -2.36. The summed E-state index contributed by atoms with van der Waals surface area (Å²) < 4.78 is 5.39. The first-order chi connectivity index (χ1) is 9.65. The van der Waals surface area contributed by atoms with Crippen LogP contribution in [0, 0.1) is 5.92 Å². The molecule has 3 unspecified atom stereocenters. The van der Waals surface area contributed by atoms with Gasteiger partial charge in [0.2, 0.25) is 0 Å². The van der Waals surface area contributed by atoms with Gasteiger partial charge in [0, 0.05) is 17.6 Å². The van der Waals surface area contributed by atoms with E-state index in [0.717, 1.165) is 24.1 Å². The zero-order chi connectivity index (χ0) is 14.1. The number of piperidine rings is 1. The van der Waals surface area contributed by atoms with Crippen molar-refractivity contribution < 1.29 is 9.53 Å². The predicted molar refractivity (Wildman–Crippen MR) is 77.4 cm³/mol. The largest absolute Gasteiger partial charge is 0.372 e. The van der Waals surface area contributed by atoms with Crippen LogP contribution in [0.5, 0.6) is 0 Å². The van der Waals surface area contributed by atoms with Crippen LogP contribution in [0.25, 0.3) is 0 Å². The van der Waals surface area contributed by atoms with Crippen molar-refractivity contribution in [1.29, 1.82) is 0 Å². The summed E-state index contributed by atoms with van der Waals surface area (Å²) in [5.74, 6) is 0.528. The molecule has 1 aromatic carbocycles. The minimum atomic E-state index is 0.0205. The number of rotatable bonds is 2. The second-order valence-electron chi connectivity index (χ2n) is 5.98. The van der Waals surface area contributed by atoms with Crippen molar-refractivity contribution in [3.63, 3.8) is 0 Å². The summed E-state index contributed by atoms with van der Waals surface area (Å²) in [6.45, 7) is 6.66. The van der Waals surface area contributed by atoms with Crippen LogP contribution in [0.3, 0.4) is 0 Å². The Morgan fingerprint density at radius 1 is 1.30 bits per heavy atom. The molecule has 3 atom stereocenters. The number of amides is 1. The average molecular weight is 274 g/mol. The summed E-state index contributed by atoms with van der Waals surface area (Å²) in [5.41, 5.74) is 3.07. The van der Waals surface area contributed by atoms with Crippen molar-refractivity contribution >= 4 is 5.91 Å². The van der Waals surface area contributed by atoms with Crippen LogP contribution in [0.4, 0.5) is 0 Å². The van der Waals surface area contributed by atoms with E-state index in [1.807, 2.05) is 18.2 Å². The normalized spacial score (nSPS) is 29.0. The number of carbonyl (C=O) groups excluding carboxylic acids is 1. The van der Waals surface area contributed by atoms with Crippen LogP contribution in [-0.2, 0) is 18.0 Å². The highest BCUT2D eigenvalue weighted by atomic mass is 16.5. The fourth-order valence-electron chi connectivity index (χ4n) is 3.15. The first-order valence-corrected chi connectivity index (χ1v) is 7.39. The highest BCUT2D eigenvalue weighted by Crippen LogP contribution is 2.22. The van der Waals surface area contributed by atoms with Gasteiger partial charge in [0.05, 0.1) is 13.2 Å². The highest BCUT2D eigenvalue weighted by molar-refractivity contribution is 5.94. The van der Waals surface area contributed by atoms with E-state index in [1.165, 1.54) is 5.56 Å². The van der Waals surface area contributed by atoms with E-state index in [1.54, 1.807) is 0 Å². The molecule has 108 valence electrons. The second kappa shape index (κ2) is 5.54. The van der Waals surface area contributed by atoms with Crippen molar-refractivity contribution in [3.8, 4) is 0 Å². The molecule has 4 nitrogen and oxygen atoms in total. The summed E-state index contributed by atoms with van der Waals surface area (Å²) in [6, 6.07) is 6.38. The van der Waals surface area contributed by atoms with E-state index in [2.05, 4.69) is 24.5 Å². The van der Waals surface area contributed by atoms with Gasteiger partial charge in [-0.2, -0.15) is 0 Å². The third kappa shape index (κ3) is 2.58. The molecule has 2 N–H and O–H groups in total. The second-order valence-corrected chi connectivity index (χ2v) is 5.98. The van der Waals surface area contributed by atoms with E-state index < -0.39 is 0 Å². The molecule has 0 saturated carbocycles. The van der Waals surface area contributed by atoms with Crippen LogP contribution < -0.4 is 10.6 Å². The number of nitrogens with one attached hydrogen (secondary N) is 2. The summed E-state index contributed by atoms with van der Waals surface area (Å²) in [6.07, 6.45) is 1.10. The zero-order valence-electron chi connectivity index (χ0n) is 12.1. The molecule has 20 heavy (non-hydrogen) atoms. The Morgan fingerprint density at radius 3 is 2.90 bits per heavy atom. The van der Waals surface area contributed by atoms with Crippen molar-refractivity contribution in [2.24, 2.45) is 5.92 Å². The van der Waals surface area contributed by atoms with Gasteiger partial charge < -0.3 is 15.4 Å². The fourth-order valence-corrected chi connectivity index (χ4v) is 3.15. The van der Waals surface area contributed by atoms with E-state index in [9.17, 15) is 4.79 Å². The third-order valence-electron chi connectivity index (χ3n) is 4.50. The molecule has 0 spiro atoms. The average Bonchev–Trinajstić information content (AvgIpc) is 2.90. The molecule has 0 bridgehead atoms. The monoisotopic (exact) mass is 274 g/mol. The maximum atomic E-state index is 12.4. The van der Waals surface area contributed by atoms with Gasteiger partial charge in [0.15, 0.2) is 0 Å². The van der Waals surface area contributed by atoms with E-state index in [0.29, 0.717) is 25.2 Å². The van der Waals surface area contributed by atoms with Crippen LogP contribution in [-0.4, -0.2) is 24.5 Å². The van der Waals surface area contributed by atoms with Crippen LogP contribution >= 0.6 is 0 Å². The molecule has 1 aromatic rings. The van der Waals surface area contributed by atoms with E-state index >= 15 is 0 Å². The minimum absolute atomic E-state index is 0.0205. The number of benzene rings is 1. The molecule has 3 rings (SSSR count). The Labute approximate surface area is 119 Å². The maximum Gasteiger partial charge on any atom is 0.251 e. The maximum absolute atomic E-state index is 12.4. The molecule has 1 saturated heterocycles. The fraction of sp³-hybridized carbons (Fsp3) is 0.562. The Morgan fingerprint density at radius 2 is 2.10 bits per heavy atom. The molecule has 4 heteroatoms. The Bertz CT molecular complexity index is 505. The summed E-state index contributed by atoms with van der Waals surface area (Å²) in [5, 5.41) is 6.61. The van der Waals surface area contributed by atoms with Crippen LogP contribution in [0.15, 0.2) is 18.2 Å². The molecule has 0 aliphatic carbocycles. The summed E-state index contributed by atoms with van der Waals surface area (Å²) in [4.78, 5) is 12.4. The molecule has 0 aromatic heterocycles. The molecule has 2 aliphatic heterocycles. The van der Waals surface area contributed by atoms with Gasteiger partial charge >= 0.3 is 0 Å². The molecule has 2 aliphatic rings. The number of ether oxygens (including phenoxy) is 1. The van der Waals surface area contributed by atoms with Gasteiger partial charge in [-0.25, -0.2) is 0 Å². The minimum Gasteiger partial charge on any atom is -0.372 e. The van der Waals surface area contributed by atoms with Crippen LogP contribution in [0.1, 0.15) is 41.8 Å². The summed E-state index contributed by atoms with van der Waals surface area (Å²) >= 11 is 0. The molecule has 1 amide bonds. The van der Waals surface area contributed by atoms with Gasteiger partial charge in [0.1, 0.15) is 0 Å². The predicted octanol–water partition coefficient (Wildman–Crippen LogP) is 1.83. The van der Waals surface area contributed by atoms with Gasteiger partial charge in [-0.3, -0.25) is 4.79 Å². The number of carbonyl (C=O) groups is 1. The zero-order valence-corrected chi connectivity index (χ0v) is 12.1. The van der Waals surface area contributed by atoms with E-state index in [-0.39, 0.29) is 11.9 Å². The number of hydrogen-bond donors (Lipinski definition) is 2. The lowest BCUT2D eigenvalue weighted by molar-refractivity contribution is 0.0897. The van der Waals surface area contributed by atoms with Crippen molar-refractivity contribution in [2.75, 3.05) is 6.54 Å². The SMILES string of the molecule is CC1CCNC(C)C1NC(=O)c1ccc2c(c1)COC2. The van der Waals surface area contributed by atoms with Crippen molar-refractivity contribution in [2.45, 2.75) is 45.6 Å². The van der Waals surface area contributed by atoms with Crippen molar-refractivity contribution in [1.82, 2.24) is 10.6 Å². The quantitative estimate of drug-likeness (QED) is 0.865. The van der Waals surface area contributed by atoms with Crippen LogP contribution in [0.2, 0.25) is 0 Å². The molecular weight excluding hydrogens is 252 g/mol. The highest BCUT2D eigenvalue weighted by Gasteiger charge is 2.29. The Hall–Kier alpha value is -1.39. The molecule has 0 radical (unpaired) electrons. The van der Waals surface area contributed by atoms with Crippen molar-refractivity contribution in [3.05, 3.63) is 34.9 Å². The molecule has 1 fully saturated rings. The lowest BCUT2D eigenvalue weighted by atomic mass is 9.89.